The molecule has 2 aromatic heterocycles. The summed E-state index contributed by atoms with van der Waals surface area (Å²) in [6.45, 7) is 4.46. The number of aryl methyl sites for hydroxylation is 1. The van der Waals surface area contributed by atoms with Crippen molar-refractivity contribution in [3.8, 4) is 5.75 Å². The summed E-state index contributed by atoms with van der Waals surface area (Å²) in [6, 6.07) is 15.8. The molecule has 0 bridgehead atoms. The van der Waals surface area contributed by atoms with Crippen LogP contribution >= 0.6 is 0 Å². The Morgan fingerprint density at radius 1 is 1.00 bits per heavy atom. The fourth-order valence-electron chi connectivity index (χ4n) is 3.94. The molecule has 0 aliphatic carbocycles. The van der Waals surface area contributed by atoms with Gasteiger partial charge in [-0.3, -0.25) is 14.6 Å². The molecule has 0 unspecified atom stereocenters. The molecule has 164 valence electrons. The van der Waals surface area contributed by atoms with Gasteiger partial charge in [0.05, 0.1) is 6.42 Å². The number of hydrogen-bond donors (Lipinski definition) is 1. The van der Waals surface area contributed by atoms with Crippen LogP contribution in [0, 0.1) is 6.92 Å². The van der Waals surface area contributed by atoms with E-state index in [9.17, 15) is 14.7 Å². The fourth-order valence-corrected chi connectivity index (χ4v) is 3.94. The van der Waals surface area contributed by atoms with Gasteiger partial charge in [-0.05, 0) is 55.3 Å². The van der Waals surface area contributed by atoms with Crippen molar-refractivity contribution in [3.63, 3.8) is 0 Å². The predicted octanol–water partition coefficient (Wildman–Crippen LogP) is 3.00. The quantitative estimate of drug-likeness (QED) is 0.626. The van der Waals surface area contributed by atoms with E-state index < -0.39 is 0 Å². The highest BCUT2D eigenvalue weighted by molar-refractivity contribution is 6.08. The highest BCUT2D eigenvalue weighted by Crippen LogP contribution is 2.18. The molecule has 7 nitrogen and oxygen atoms in total. The molecule has 0 spiro atoms. The molecule has 1 aliphatic rings. The Morgan fingerprint density at radius 2 is 1.84 bits per heavy atom. The zero-order chi connectivity index (χ0) is 22.5. The summed E-state index contributed by atoms with van der Waals surface area (Å²) in [5, 5.41) is 9.63. The molecule has 7 heteroatoms. The van der Waals surface area contributed by atoms with Crippen molar-refractivity contribution in [2.45, 2.75) is 19.8 Å². The van der Waals surface area contributed by atoms with E-state index >= 15 is 0 Å². The third kappa shape index (κ3) is 4.94. The number of rotatable bonds is 5. The van der Waals surface area contributed by atoms with Crippen LogP contribution in [0.5, 0.6) is 5.75 Å². The van der Waals surface area contributed by atoms with E-state index in [0.717, 1.165) is 24.3 Å². The fraction of sp³-hybridized carbons (Fsp3) is 0.280. The van der Waals surface area contributed by atoms with E-state index in [1.54, 1.807) is 42.6 Å². The summed E-state index contributed by atoms with van der Waals surface area (Å²) in [7, 11) is 0. The number of phenolic OH excluding ortho intramolecular Hbond substituents is 1. The van der Waals surface area contributed by atoms with Crippen molar-refractivity contribution in [1.82, 2.24) is 14.9 Å². The van der Waals surface area contributed by atoms with E-state index in [4.69, 9.17) is 0 Å². The van der Waals surface area contributed by atoms with Crippen molar-refractivity contribution < 1.29 is 14.7 Å². The first-order valence-corrected chi connectivity index (χ1v) is 10.8. The van der Waals surface area contributed by atoms with Crippen LogP contribution in [0.3, 0.4) is 0 Å². The molecule has 32 heavy (non-hydrogen) atoms. The number of carbonyl (C=O) groups excluding carboxylic acids is 2. The average molecular weight is 431 g/mol. The number of hydrogen-bond acceptors (Lipinski definition) is 6. The number of benzene rings is 1. The van der Waals surface area contributed by atoms with Crippen LogP contribution in [0.4, 0.5) is 5.82 Å². The molecule has 1 saturated heterocycles. The van der Waals surface area contributed by atoms with Crippen LogP contribution < -0.4 is 4.90 Å². The molecule has 1 fully saturated rings. The molecule has 0 radical (unpaired) electrons. The first kappa shape index (κ1) is 21.5. The largest absolute Gasteiger partial charge is 0.508 e. The molecule has 1 aliphatic heterocycles. The number of ketones is 1. The number of anilines is 1. The highest BCUT2D eigenvalue weighted by atomic mass is 16.3. The Kier molecular flexibility index (Phi) is 6.44. The normalized spacial score (nSPS) is 14.2. The lowest BCUT2D eigenvalue weighted by molar-refractivity contribution is -0.130. The molecular formula is C25H26N4O3. The second-order valence-corrected chi connectivity index (χ2v) is 7.91. The number of pyridine rings is 2. The minimum absolute atomic E-state index is 0.0430. The Morgan fingerprint density at radius 3 is 2.66 bits per heavy atom. The Bertz CT molecular complexity index is 1130. The maximum Gasteiger partial charge on any atom is 0.227 e. The van der Waals surface area contributed by atoms with Gasteiger partial charge in [0.15, 0.2) is 0 Å². The molecule has 3 heterocycles. The number of nitrogens with zero attached hydrogens (tertiary/aromatic N) is 4. The molecule has 0 saturated carbocycles. The SMILES string of the molecule is Cc1ncccc1C(=O)c1cccc(N2CCCN(C(=O)Cc3cccc(O)c3)CC2)n1. The van der Waals surface area contributed by atoms with Crippen molar-refractivity contribution in [2.75, 3.05) is 31.1 Å². The van der Waals surface area contributed by atoms with Gasteiger partial charge < -0.3 is 14.9 Å². The van der Waals surface area contributed by atoms with E-state index in [1.165, 1.54) is 0 Å². The second-order valence-electron chi connectivity index (χ2n) is 7.91. The van der Waals surface area contributed by atoms with Gasteiger partial charge in [0.1, 0.15) is 17.3 Å². The Balaban J connectivity index is 1.43. The van der Waals surface area contributed by atoms with Crippen LogP contribution in [-0.2, 0) is 11.2 Å². The first-order valence-electron chi connectivity index (χ1n) is 10.8. The third-order valence-electron chi connectivity index (χ3n) is 5.66. The summed E-state index contributed by atoms with van der Waals surface area (Å²) in [6.07, 6.45) is 2.75. The molecule has 1 amide bonds. The maximum absolute atomic E-state index is 12.9. The summed E-state index contributed by atoms with van der Waals surface area (Å²) in [4.78, 5) is 38.5. The van der Waals surface area contributed by atoms with Gasteiger partial charge in [-0.1, -0.05) is 18.2 Å². The molecule has 1 N–H and O–H groups in total. The maximum atomic E-state index is 12.9. The lowest BCUT2D eigenvalue weighted by Crippen LogP contribution is -2.36. The number of amides is 1. The summed E-state index contributed by atoms with van der Waals surface area (Å²) < 4.78 is 0. The van der Waals surface area contributed by atoms with E-state index in [1.807, 2.05) is 30.0 Å². The molecular weight excluding hydrogens is 404 g/mol. The van der Waals surface area contributed by atoms with Gasteiger partial charge in [-0.15, -0.1) is 0 Å². The molecule has 3 aromatic rings. The highest BCUT2D eigenvalue weighted by Gasteiger charge is 2.21. The van der Waals surface area contributed by atoms with Crippen LogP contribution in [0.15, 0.2) is 60.8 Å². The van der Waals surface area contributed by atoms with Crippen LogP contribution in [0.1, 0.15) is 33.7 Å². The number of aromatic hydroxyl groups is 1. The Hall–Kier alpha value is -3.74. The summed E-state index contributed by atoms with van der Waals surface area (Å²) >= 11 is 0. The van der Waals surface area contributed by atoms with E-state index in [2.05, 4.69) is 14.9 Å². The summed E-state index contributed by atoms with van der Waals surface area (Å²) in [5.74, 6) is 0.801. The van der Waals surface area contributed by atoms with Crippen molar-refractivity contribution >= 4 is 17.5 Å². The number of carbonyl (C=O) groups is 2. The van der Waals surface area contributed by atoms with E-state index in [0.29, 0.717) is 36.6 Å². The van der Waals surface area contributed by atoms with Gasteiger partial charge >= 0.3 is 0 Å². The van der Waals surface area contributed by atoms with E-state index in [-0.39, 0.29) is 23.9 Å². The molecule has 1 aromatic carbocycles. The van der Waals surface area contributed by atoms with Crippen molar-refractivity contribution in [3.05, 3.63) is 83.3 Å². The molecule has 4 rings (SSSR count). The number of aromatic nitrogens is 2. The summed E-state index contributed by atoms with van der Waals surface area (Å²) in [5.41, 5.74) is 2.42. The first-order chi connectivity index (χ1) is 15.5. The van der Waals surface area contributed by atoms with Gasteiger partial charge in [0, 0.05) is 43.6 Å². The smallest absolute Gasteiger partial charge is 0.227 e. The van der Waals surface area contributed by atoms with Crippen LogP contribution in [-0.4, -0.2) is 57.8 Å². The second kappa shape index (κ2) is 9.60. The van der Waals surface area contributed by atoms with Gasteiger partial charge in [-0.25, -0.2) is 4.98 Å². The lowest BCUT2D eigenvalue weighted by Gasteiger charge is -2.23. The van der Waals surface area contributed by atoms with Crippen molar-refractivity contribution in [1.29, 1.82) is 0 Å². The average Bonchev–Trinajstić information content (AvgIpc) is 3.06. The predicted molar refractivity (Wildman–Crippen MR) is 122 cm³/mol. The minimum atomic E-state index is -0.143. The van der Waals surface area contributed by atoms with Gasteiger partial charge in [0.25, 0.3) is 0 Å². The van der Waals surface area contributed by atoms with Crippen LogP contribution in [0.25, 0.3) is 0 Å². The zero-order valence-electron chi connectivity index (χ0n) is 18.1. The Labute approximate surface area is 187 Å². The lowest BCUT2D eigenvalue weighted by atomic mass is 10.1. The number of phenols is 1. The monoisotopic (exact) mass is 430 g/mol. The standard InChI is InChI=1S/C25H26N4O3/c1-18-21(8-4-11-26-18)25(32)22-9-3-10-23(27-22)28-12-5-13-29(15-14-28)24(31)17-19-6-2-7-20(30)16-19/h2-4,6-11,16,30H,5,12-15,17H2,1H3. The van der Waals surface area contributed by atoms with Gasteiger partial charge in [-0.2, -0.15) is 0 Å². The zero-order valence-corrected chi connectivity index (χ0v) is 18.1. The topological polar surface area (TPSA) is 86.6 Å². The molecule has 0 atom stereocenters. The van der Waals surface area contributed by atoms with Gasteiger partial charge in [0.2, 0.25) is 11.7 Å². The third-order valence-corrected chi connectivity index (χ3v) is 5.66. The van der Waals surface area contributed by atoms with Crippen molar-refractivity contribution in [2.24, 2.45) is 0 Å². The minimum Gasteiger partial charge on any atom is -0.508 e. The van der Waals surface area contributed by atoms with Crippen LogP contribution in [0.2, 0.25) is 0 Å².